The zero-order valence-electron chi connectivity index (χ0n) is 15.1. The normalized spacial score (nSPS) is 34.3. The predicted molar refractivity (Wildman–Crippen MR) is 97.3 cm³/mol. The maximum absolute atomic E-state index is 13.2. The first kappa shape index (κ1) is 16.5. The number of hydrazone groups is 1. The van der Waals surface area contributed by atoms with Crippen LogP contribution in [-0.2, 0) is 4.79 Å². The van der Waals surface area contributed by atoms with Gasteiger partial charge in [0.1, 0.15) is 6.54 Å². The molecule has 5 rings (SSSR count). The number of hydrogen-bond acceptors (Lipinski definition) is 3. The Kier molecular flexibility index (Phi) is 4.01. The number of ketones is 1. The van der Waals surface area contributed by atoms with Gasteiger partial charge in [-0.25, -0.2) is 5.01 Å². The number of amides is 1. The number of carbonyl (C=O) groups is 2. The van der Waals surface area contributed by atoms with Gasteiger partial charge in [-0.05, 0) is 50.9 Å². The van der Waals surface area contributed by atoms with E-state index in [0.29, 0.717) is 17.4 Å². The number of hydrogen-bond donors (Lipinski definition) is 0. The van der Waals surface area contributed by atoms with Crippen LogP contribution in [0.4, 0.5) is 0 Å². The molecule has 1 unspecified atom stereocenters. The van der Waals surface area contributed by atoms with Gasteiger partial charge < -0.3 is 0 Å². The lowest BCUT2D eigenvalue weighted by atomic mass is 9.55. The average Bonchev–Trinajstić information content (AvgIpc) is 2.88. The highest BCUT2D eigenvalue weighted by atomic mass is 16.2. The second-order valence-electron chi connectivity index (χ2n) is 8.16. The van der Waals surface area contributed by atoms with E-state index < -0.39 is 5.41 Å². The quantitative estimate of drug-likeness (QED) is 0.781. The molecule has 0 N–H and O–H groups in total. The summed E-state index contributed by atoms with van der Waals surface area (Å²) in [7, 11) is 0. The summed E-state index contributed by atoms with van der Waals surface area (Å²) in [5.74, 6) is 1.75. The van der Waals surface area contributed by atoms with E-state index in [1.807, 2.05) is 25.1 Å². The van der Waals surface area contributed by atoms with Crippen LogP contribution in [0.2, 0.25) is 0 Å². The van der Waals surface area contributed by atoms with Crippen molar-refractivity contribution in [2.75, 3.05) is 6.54 Å². The summed E-state index contributed by atoms with van der Waals surface area (Å²) in [5.41, 5.74) is 0.991. The Hall–Kier alpha value is -1.97. The highest BCUT2D eigenvalue weighted by Crippen LogP contribution is 2.54. The molecule has 0 saturated heterocycles. The Bertz CT molecular complexity index is 719. The van der Waals surface area contributed by atoms with Crippen LogP contribution in [0.1, 0.15) is 56.3 Å². The van der Waals surface area contributed by atoms with E-state index in [1.54, 1.807) is 12.1 Å². The maximum atomic E-state index is 13.2. The summed E-state index contributed by atoms with van der Waals surface area (Å²) >= 11 is 0. The Morgan fingerprint density at radius 3 is 2.48 bits per heavy atom. The standard InChI is InChI=1S/C21H26N2O2/c1-14-21(2,18-12-15-8-10-16(18)11-9-15)20(25)23(22-14)13-19(24)17-6-4-3-5-7-17/h3-7,15-16,18H,8-13H2,1-2H3/t15?,16?,18-,21?/m1/s1. The average molecular weight is 338 g/mol. The largest absolute Gasteiger partial charge is 0.292 e. The van der Waals surface area contributed by atoms with Gasteiger partial charge in [-0.1, -0.05) is 43.2 Å². The smallest absolute Gasteiger partial charge is 0.255 e. The zero-order valence-corrected chi connectivity index (χ0v) is 15.1. The molecule has 3 saturated carbocycles. The first-order chi connectivity index (χ1) is 12.0. The number of Topliss-reactive ketones (excluding diaryl/α,β-unsaturated/α-hetero) is 1. The lowest BCUT2D eigenvalue weighted by Gasteiger charge is -2.48. The molecule has 1 aliphatic heterocycles. The van der Waals surface area contributed by atoms with Crippen molar-refractivity contribution in [3.8, 4) is 0 Å². The molecule has 1 aromatic carbocycles. The molecule has 3 aliphatic carbocycles. The molecular weight excluding hydrogens is 312 g/mol. The molecule has 2 bridgehead atoms. The van der Waals surface area contributed by atoms with Gasteiger partial charge in [0.25, 0.3) is 5.91 Å². The fourth-order valence-electron chi connectivity index (χ4n) is 5.22. The number of benzene rings is 1. The van der Waals surface area contributed by atoms with Gasteiger partial charge in [0.2, 0.25) is 0 Å². The molecule has 4 heteroatoms. The van der Waals surface area contributed by atoms with Crippen molar-refractivity contribution in [1.82, 2.24) is 5.01 Å². The summed E-state index contributed by atoms with van der Waals surface area (Å²) < 4.78 is 0. The fraction of sp³-hybridized carbons (Fsp3) is 0.571. The molecule has 2 atom stereocenters. The van der Waals surface area contributed by atoms with Crippen molar-refractivity contribution < 1.29 is 9.59 Å². The van der Waals surface area contributed by atoms with Crippen LogP contribution >= 0.6 is 0 Å². The second kappa shape index (κ2) is 6.08. The number of carbonyl (C=O) groups excluding carboxylic acids is 2. The van der Waals surface area contributed by atoms with Crippen molar-refractivity contribution in [3.63, 3.8) is 0 Å². The molecule has 1 amide bonds. The highest BCUT2D eigenvalue weighted by molar-refractivity contribution is 6.12. The molecule has 4 nitrogen and oxygen atoms in total. The Morgan fingerprint density at radius 1 is 1.20 bits per heavy atom. The molecule has 132 valence electrons. The third kappa shape index (κ3) is 2.62. The lowest BCUT2D eigenvalue weighted by Crippen LogP contribution is -2.49. The predicted octanol–water partition coefficient (Wildman–Crippen LogP) is 3.92. The summed E-state index contributed by atoms with van der Waals surface area (Å²) in [6.07, 6.45) is 6.26. The second-order valence-corrected chi connectivity index (χ2v) is 8.16. The maximum Gasteiger partial charge on any atom is 0.255 e. The minimum absolute atomic E-state index is 0.0202. The Morgan fingerprint density at radius 2 is 1.88 bits per heavy atom. The van der Waals surface area contributed by atoms with E-state index in [1.165, 1.54) is 30.7 Å². The van der Waals surface area contributed by atoms with Gasteiger partial charge in [0.15, 0.2) is 5.78 Å². The molecular formula is C21H26N2O2. The van der Waals surface area contributed by atoms with Gasteiger partial charge >= 0.3 is 0 Å². The third-order valence-corrected chi connectivity index (χ3v) is 6.88. The molecule has 25 heavy (non-hydrogen) atoms. The van der Waals surface area contributed by atoms with E-state index >= 15 is 0 Å². The lowest BCUT2D eigenvalue weighted by molar-refractivity contribution is -0.140. The summed E-state index contributed by atoms with van der Waals surface area (Å²) in [6, 6.07) is 9.15. The van der Waals surface area contributed by atoms with E-state index in [0.717, 1.165) is 18.1 Å². The van der Waals surface area contributed by atoms with Crippen molar-refractivity contribution in [1.29, 1.82) is 0 Å². The first-order valence-electron chi connectivity index (χ1n) is 9.46. The van der Waals surface area contributed by atoms with Crippen molar-refractivity contribution in [2.24, 2.45) is 28.3 Å². The summed E-state index contributed by atoms with van der Waals surface area (Å²) in [4.78, 5) is 25.7. The Balaban J connectivity index is 1.54. The number of fused-ring (bicyclic) bond motifs is 3. The molecule has 4 aliphatic rings. The van der Waals surface area contributed by atoms with Gasteiger partial charge in [0.05, 0.1) is 11.1 Å². The molecule has 0 radical (unpaired) electrons. The third-order valence-electron chi connectivity index (χ3n) is 6.88. The van der Waals surface area contributed by atoms with E-state index in [4.69, 9.17) is 0 Å². The molecule has 0 aromatic heterocycles. The van der Waals surface area contributed by atoms with E-state index in [9.17, 15) is 9.59 Å². The van der Waals surface area contributed by atoms with Crippen LogP contribution in [0.15, 0.2) is 35.4 Å². The van der Waals surface area contributed by atoms with Crippen LogP contribution < -0.4 is 0 Å². The topological polar surface area (TPSA) is 49.7 Å². The van der Waals surface area contributed by atoms with Crippen LogP contribution in [-0.4, -0.2) is 29.0 Å². The minimum atomic E-state index is -0.527. The van der Waals surface area contributed by atoms with Crippen LogP contribution in [0.3, 0.4) is 0 Å². The molecule has 0 spiro atoms. The fourth-order valence-corrected chi connectivity index (χ4v) is 5.22. The molecule has 3 fully saturated rings. The highest BCUT2D eigenvalue weighted by Gasteiger charge is 2.55. The monoisotopic (exact) mass is 338 g/mol. The molecule has 1 heterocycles. The summed E-state index contributed by atoms with van der Waals surface area (Å²) in [6.45, 7) is 4.07. The minimum Gasteiger partial charge on any atom is -0.292 e. The van der Waals surface area contributed by atoms with Gasteiger partial charge in [-0.2, -0.15) is 5.10 Å². The Labute approximate surface area is 149 Å². The van der Waals surface area contributed by atoms with Crippen molar-refractivity contribution in [2.45, 2.75) is 46.0 Å². The zero-order chi connectivity index (χ0) is 17.6. The number of nitrogens with zero attached hydrogens (tertiary/aromatic N) is 2. The van der Waals surface area contributed by atoms with E-state index in [-0.39, 0.29) is 18.2 Å². The van der Waals surface area contributed by atoms with E-state index in [2.05, 4.69) is 12.0 Å². The van der Waals surface area contributed by atoms with Crippen molar-refractivity contribution in [3.05, 3.63) is 35.9 Å². The van der Waals surface area contributed by atoms with Gasteiger partial charge in [-0.3, -0.25) is 9.59 Å². The first-order valence-corrected chi connectivity index (χ1v) is 9.46. The van der Waals surface area contributed by atoms with Crippen LogP contribution in [0.25, 0.3) is 0 Å². The van der Waals surface area contributed by atoms with Crippen molar-refractivity contribution >= 4 is 17.4 Å². The van der Waals surface area contributed by atoms with Crippen LogP contribution in [0, 0.1) is 23.2 Å². The van der Waals surface area contributed by atoms with Crippen LogP contribution in [0.5, 0.6) is 0 Å². The van der Waals surface area contributed by atoms with Gasteiger partial charge in [0, 0.05) is 5.56 Å². The molecule has 1 aromatic rings. The SMILES string of the molecule is CC1=NN(CC(=O)c2ccccc2)C(=O)C1(C)[C@@H]1CC2CCC1CC2. The summed E-state index contributed by atoms with van der Waals surface area (Å²) in [5, 5.41) is 5.95. The number of rotatable bonds is 4. The van der Waals surface area contributed by atoms with Gasteiger partial charge in [-0.15, -0.1) is 0 Å².